The number of anilines is 1. The summed E-state index contributed by atoms with van der Waals surface area (Å²) < 4.78 is 26.3. The summed E-state index contributed by atoms with van der Waals surface area (Å²) >= 11 is 0. The van der Waals surface area contributed by atoms with Gasteiger partial charge in [0.2, 0.25) is 15.9 Å². The Morgan fingerprint density at radius 2 is 1.71 bits per heavy atom. The van der Waals surface area contributed by atoms with E-state index in [1.807, 2.05) is 0 Å². The first-order valence-electron chi connectivity index (χ1n) is 10.5. The molecular weight excluding hydrogens is 478 g/mol. The Bertz CT molecular complexity index is 1280. The number of urea groups is 1. The number of carbonyl (C=O) groups excluding carboxylic acids is 3. The zero-order valence-corrected chi connectivity index (χ0v) is 20.3. The predicted molar refractivity (Wildman–Crippen MR) is 126 cm³/mol. The quantitative estimate of drug-likeness (QED) is 0.317. The minimum Gasteiger partial charge on any atom is -0.325 e. The topological polar surface area (TPSA) is 159 Å². The molecular formula is C22H25N5O7S. The van der Waals surface area contributed by atoms with E-state index in [0.717, 1.165) is 4.90 Å². The molecule has 0 spiro atoms. The van der Waals surface area contributed by atoms with Gasteiger partial charge < -0.3 is 10.6 Å². The summed E-state index contributed by atoms with van der Waals surface area (Å²) in [6.07, 6.45) is 0. The van der Waals surface area contributed by atoms with Crippen LogP contribution in [-0.4, -0.2) is 60.0 Å². The number of imide groups is 1. The van der Waals surface area contributed by atoms with Gasteiger partial charge in [-0.1, -0.05) is 0 Å². The standard InChI is InChI=1S/C22H25N5O7S/c1-14(2)25(4)35(33,34)18-11-7-16(8-12-18)23-19(28)13-26-20(29)22(3,24-21(26)30)15-5-9-17(10-6-15)27(31)32/h5-12,14H,13H2,1-4H3,(H,23,28)(H,24,30). The van der Waals surface area contributed by atoms with Crippen LogP contribution in [0.3, 0.4) is 0 Å². The number of nitrogens with one attached hydrogen (secondary N) is 2. The zero-order valence-electron chi connectivity index (χ0n) is 19.5. The van der Waals surface area contributed by atoms with Gasteiger partial charge in [-0.3, -0.25) is 24.6 Å². The Morgan fingerprint density at radius 1 is 1.14 bits per heavy atom. The van der Waals surface area contributed by atoms with E-state index in [0.29, 0.717) is 5.56 Å². The normalized spacial score (nSPS) is 18.2. The highest BCUT2D eigenvalue weighted by Gasteiger charge is 2.49. The smallest absolute Gasteiger partial charge is 0.325 e. The lowest BCUT2D eigenvalue weighted by atomic mass is 9.92. The Balaban J connectivity index is 1.70. The molecule has 1 saturated heterocycles. The second-order valence-corrected chi connectivity index (χ2v) is 10.4. The van der Waals surface area contributed by atoms with Crippen molar-refractivity contribution in [3.63, 3.8) is 0 Å². The van der Waals surface area contributed by atoms with Gasteiger partial charge in [-0.05, 0) is 62.7 Å². The van der Waals surface area contributed by atoms with E-state index in [9.17, 15) is 32.9 Å². The average Bonchev–Trinajstić information content (AvgIpc) is 3.02. The van der Waals surface area contributed by atoms with Crippen LogP contribution in [0.4, 0.5) is 16.2 Å². The van der Waals surface area contributed by atoms with Crippen LogP contribution in [0.1, 0.15) is 26.3 Å². The number of benzene rings is 2. The van der Waals surface area contributed by atoms with Gasteiger partial charge in [-0.25, -0.2) is 13.2 Å². The highest BCUT2D eigenvalue weighted by Crippen LogP contribution is 2.30. The molecule has 12 nitrogen and oxygen atoms in total. The number of hydrogen-bond acceptors (Lipinski definition) is 7. The maximum atomic E-state index is 13.0. The Hall–Kier alpha value is -3.84. The van der Waals surface area contributed by atoms with Crippen molar-refractivity contribution in [3.05, 3.63) is 64.2 Å². The van der Waals surface area contributed by atoms with Gasteiger partial charge in [0.1, 0.15) is 12.1 Å². The van der Waals surface area contributed by atoms with Gasteiger partial charge in [0, 0.05) is 30.9 Å². The molecule has 1 fully saturated rings. The molecule has 0 bridgehead atoms. The summed E-state index contributed by atoms with van der Waals surface area (Å²) in [5.41, 5.74) is -1.05. The van der Waals surface area contributed by atoms with Crippen molar-refractivity contribution in [2.45, 2.75) is 37.2 Å². The summed E-state index contributed by atoms with van der Waals surface area (Å²) in [4.78, 5) is 49.0. The van der Waals surface area contributed by atoms with Crippen molar-refractivity contribution >= 4 is 39.2 Å². The molecule has 1 atom stereocenters. The number of sulfonamides is 1. The van der Waals surface area contributed by atoms with E-state index in [1.165, 1.54) is 66.8 Å². The Morgan fingerprint density at radius 3 is 2.23 bits per heavy atom. The monoisotopic (exact) mass is 503 g/mol. The van der Waals surface area contributed by atoms with Crippen LogP contribution in [0, 0.1) is 10.1 Å². The second kappa shape index (κ2) is 9.43. The molecule has 186 valence electrons. The summed E-state index contributed by atoms with van der Waals surface area (Å²) in [7, 11) is -2.22. The summed E-state index contributed by atoms with van der Waals surface area (Å²) in [5.74, 6) is -1.36. The fraction of sp³-hybridized carbons (Fsp3) is 0.318. The molecule has 1 unspecified atom stereocenters. The lowest BCUT2D eigenvalue weighted by molar-refractivity contribution is -0.384. The molecule has 1 aliphatic heterocycles. The Kier molecular flexibility index (Phi) is 6.94. The maximum absolute atomic E-state index is 13.0. The molecule has 0 saturated carbocycles. The second-order valence-electron chi connectivity index (χ2n) is 8.44. The molecule has 2 aromatic rings. The van der Waals surface area contributed by atoms with Crippen molar-refractivity contribution in [2.75, 3.05) is 18.9 Å². The first-order chi connectivity index (χ1) is 16.3. The van der Waals surface area contributed by atoms with E-state index in [2.05, 4.69) is 10.6 Å². The van der Waals surface area contributed by atoms with Gasteiger partial charge in [0.15, 0.2) is 0 Å². The molecule has 1 heterocycles. The molecule has 4 amide bonds. The largest absolute Gasteiger partial charge is 0.325 e. The van der Waals surface area contributed by atoms with Crippen molar-refractivity contribution < 1.29 is 27.7 Å². The van der Waals surface area contributed by atoms with E-state index in [1.54, 1.807) is 13.8 Å². The molecule has 35 heavy (non-hydrogen) atoms. The third-order valence-corrected chi connectivity index (χ3v) is 7.82. The van der Waals surface area contributed by atoms with Crippen LogP contribution in [0.15, 0.2) is 53.4 Å². The highest BCUT2D eigenvalue weighted by atomic mass is 32.2. The van der Waals surface area contributed by atoms with Gasteiger partial charge in [0.25, 0.3) is 11.6 Å². The number of non-ortho nitro benzene ring substituents is 1. The van der Waals surface area contributed by atoms with Crippen molar-refractivity contribution in [1.82, 2.24) is 14.5 Å². The van der Waals surface area contributed by atoms with Crippen molar-refractivity contribution in [3.8, 4) is 0 Å². The van der Waals surface area contributed by atoms with Gasteiger partial charge >= 0.3 is 6.03 Å². The van der Waals surface area contributed by atoms with Crippen LogP contribution < -0.4 is 10.6 Å². The van der Waals surface area contributed by atoms with E-state index in [-0.39, 0.29) is 22.3 Å². The van der Waals surface area contributed by atoms with Crippen LogP contribution in [-0.2, 0) is 25.2 Å². The minimum absolute atomic E-state index is 0.0552. The number of carbonyl (C=O) groups is 3. The Labute approximate surface area is 202 Å². The van der Waals surface area contributed by atoms with Crippen LogP contribution in [0.5, 0.6) is 0 Å². The fourth-order valence-electron chi connectivity index (χ4n) is 3.45. The highest BCUT2D eigenvalue weighted by molar-refractivity contribution is 7.89. The molecule has 0 radical (unpaired) electrons. The van der Waals surface area contributed by atoms with Crippen LogP contribution >= 0.6 is 0 Å². The van der Waals surface area contributed by atoms with E-state index >= 15 is 0 Å². The summed E-state index contributed by atoms with van der Waals surface area (Å²) in [5, 5.41) is 15.9. The third-order valence-electron chi connectivity index (χ3n) is 5.77. The summed E-state index contributed by atoms with van der Waals surface area (Å²) in [6, 6.07) is 9.67. The number of hydrogen-bond donors (Lipinski definition) is 2. The van der Waals surface area contributed by atoms with Gasteiger partial charge in [-0.2, -0.15) is 4.31 Å². The number of nitrogens with zero attached hydrogens (tertiary/aromatic N) is 3. The van der Waals surface area contributed by atoms with Crippen molar-refractivity contribution in [2.24, 2.45) is 0 Å². The number of nitro benzene ring substituents is 1. The average molecular weight is 504 g/mol. The fourth-order valence-corrected chi connectivity index (χ4v) is 4.82. The number of amides is 4. The van der Waals surface area contributed by atoms with E-state index < -0.39 is 44.9 Å². The molecule has 2 aromatic carbocycles. The van der Waals surface area contributed by atoms with Crippen LogP contribution in [0.25, 0.3) is 0 Å². The zero-order chi connectivity index (χ0) is 26.1. The van der Waals surface area contributed by atoms with Crippen molar-refractivity contribution in [1.29, 1.82) is 0 Å². The molecule has 1 aliphatic rings. The lowest BCUT2D eigenvalue weighted by Gasteiger charge is -2.22. The molecule has 3 rings (SSSR count). The molecule has 0 aliphatic carbocycles. The first kappa shape index (κ1) is 25.8. The molecule has 0 aromatic heterocycles. The lowest BCUT2D eigenvalue weighted by Crippen LogP contribution is -2.42. The molecule has 13 heteroatoms. The van der Waals surface area contributed by atoms with E-state index in [4.69, 9.17) is 0 Å². The molecule has 2 N–H and O–H groups in total. The third kappa shape index (κ3) is 5.00. The van der Waals surface area contributed by atoms with Crippen LogP contribution in [0.2, 0.25) is 0 Å². The summed E-state index contributed by atoms with van der Waals surface area (Å²) in [6.45, 7) is 4.35. The van der Waals surface area contributed by atoms with Gasteiger partial charge in [-0.15, -0.1) is 0 Å². The number of nitro groups is 1. The maximum Gasteiger partial charge on any atom is 0.325 e. The minimum atomic E-state index is -3.69. The number of rotatable bonds is 8. The first-order valence-corrected chi connectivity index (χ1v) is 12.0. The SMILES string of the molecule is CC(C)N(C)S(=O)(=O)c1ccc(NC(=O)CN2C(=O)NC(C)(c3ccc([N+](=O)[O-])cc3)C2=O)cc1. The predicted octanol–water partition coefficient (Wildman–Crippen LogP) is 2.03. The van der Waals surface area contributed by atoms with Gasteiger partial charge in [0.05, 0.1) is 9.82 Å².